The molecule has 2 rings (SSSR count). The molecule has 0 unspecified atom stereocenters. The van der Waals surface area contributed by atoms with Gasteiger partial charge in [-0.3, -0.25) is 0 Å². The van der Waals surface area contributed by atoms with Gasteiger partial charge in [-0.05, 0) is 36.1 Å². The van der Waals surface area contributed by atoms with Gasteiger partial charge < -0.3 is 0 Å². The molecule has 18 heavy (non-hydrogen) atoms. The number of rotatable bonds is 5. The first-order valence-corrected chi connectivity index (χ1v) is 6.25. The zero-order chi connectivity index (χ0) is 13.0. The van der Waals surface area contributed by atoms with Gasteiger partial charge in [0.25, 0.3) is 0 Å². The lowest BCUT2D eigenvalue weighted by atomic mass is 10.0. The fourth-order valence-corrected chi connectivity index (χ4v) is 2.07. The van der Waals surface area contributed by atoms with Gasteiger partial charge >= 0.3 is 0 Å². The van der Waals surface area contributed by atoms with Gasteiger partial charge in [0.1, 0.15) is 0 Å². The standard InChI is InChI=1S/C16H17F2/c1-2-16(17,18)11-5-6-13-9-10-14-7-3-4-8-15(14)12-13/h3-4,7-10,12H,1-2,5-6,11H2. The zero-order valence-corrected chi connectivity index (χ0v) is 10.3. The number of hydrogen-bond donors (Lipinski definition) is 0. The third kappa shape index (κ3) is 3.28. The van der Waals surface area contributed by atoms with E-state index in [4.69, 9.17) is 0 Å². The highest BCUT2D eigenvalue weighted by molar-refractivity contribution is 5.82. The Morgan fingerprint density at radius 3 is 2.44 bits per heavy atom. The molecule has 0 nitrogen and oxygen atoms in total. The smallest absolute Gasteiger partial charge is 0.207 e. The lowest BCUT2D eigenvalue weighted by Gasteiger charge is -2.13. The largest absolute Gasteiger partial charge is 0.248 e. The summed E-state index contributed by atoms with van der Waals surface area (Å²) in [6, 6.07) is 14.2. The summed E-state index contributed by atoms with van der Waals surface area (Å²) in [5.74, 6) is -2.61. The minimum Gasteiger partial charge on any atom is -0.207 e. The van der Waals surface area contributed by atoms with Crippen LogP contribution in [0.2, 0.25) is 0 Å². The third-order valence-corrected chi connectivity index (χ3v) is 3.19. The molecule has 0 saturated carbocycles. The third-order valence-electron chi connectivity index (χ3n) is 3.19. The summed E-state index contributed by atoms with van der Waals surface area (Å²) < 4.78 is 26.1. The molecule has 0 saturated heterocycles. The van der Waals surface area contributed by atoms with Gasteiger partial charge in [0.15, 0.2) is 0 Å². The fourth-order valence-electron chi connectivity index (χ4n) is 2.07. The Morgan fingerprint density at radius 2 is 1.72 bits per heavy atom. The molecular formula is C16H17F2. The molecule has 0 spiro atoms. The number of alkyl halides is 2. The number of benzene rings is 2. The van der Waals surface area contributed by atoms with E-state index in [1.807, 2.05) is 30.3 Å². The first-order chi connectivity index (χ1) is 8.61. The van der Waals surface area contributed by atoms with E-state index in [0.717, 1.165) is 5.56 Å². The van der Waals surface area contributed by atoms with Gasteiger partial charge in [-0.2, -0.15) is 0 Å². The first-order valence-electron chi connectivity index (χ1n) is 6.25. The summed E-state index contributed by atoms with van der Waals surface area (Å²) in [6.45, 7) is 3.27. The number of fused-ring (bicyclic) bond motifs is 1. The van der Waals surface area contributed by atoms with E-state index >= 15 is 0 Å². The molecule has 0 N–H and O–H groups in total. The van der Waals surface area contributed by atoms with Crippen LogP contribution in [-0.2, 0) is 6.42 Å². The van der Waals surface area contributed by atoms with Gasteiger partial charge in [0, 0.05) is 12.8 Å². The Bertz CT molecular complexity index is 517. The Labute approximate surface area is 107 Å². The molecule has 0 aromatic heterocycles. The van der Waals surface area contributed by atoms with E-state index in [2.05, 4.69) is 19.1 Å². The molecule has 95 valence electrons. The topological polar surface area (TPSA) is 0 Å². The van der Waals surface area contributed by atoms with Crippen LogP contribution in [0.5, 0.6) is 0 Å². The van der Waals surface area contributed by atoms with Crippen LogP contribution in [0.1, 0.15) is 24.8 Å². The monoisotopic (exact) mass is 247 g/mol. The van der Waals surface area contributed by atoms with Crippen molar-refractivity contribution in [3.8, 4) is 0 Å². The van der Waals surface area contributed by atoms with Gasteiger partial charge in [-0.25, -0.2) is 8.78 Å². The highest BCUT2D eigenvalue weighted by Gasteiger charge is 2.24. The fraction of sp³-hybridized carbons (Fsp3) is 0.312. The predicted molar refractivity (Wildman–Crippen MR) is 71.8 cm³/mol. The van der Waals surface area contributed by atoms with Crippen molar-refractivity contribution in [2.75, 3.05) is 0 Å². The van der Waals surface area contributed by atoms with Gasteiger partial charge in [-0.15, -0.1) is 0 Å². The molecule has 0 aliphatic carbocycles. The molecule has 1 radical (unpaired) electrons. The summed E-state index contributed by atoms with van der Waals surface area (Å²) in [5.41, 5.74) is 1.12. The number of hydrogen-bond acceptors (Lipinski definition) is 0. The molecule has 2 heteroatoms. The molecule has 0 amide bonds. The van der Waals surface area contributed by atoms with Crippen molar-refractivity contribution in [1.29, 1.82) is 0 Å². The maximum Gasteiger partial charge on any atom is 0.248 e. The SMILES string of the molecule is [CH2]CC(F)(F)CCCc1ccc2ccccc2c1. The average molecular weight is 247 g/mol. The molecule has 0 aliphatic rings. The van der Waals surface area contributed by atoms with Crippen molar-refractivity contribution in [2.45, 2.75) is 31.6 Å². The van der Waals surface area contributed by atoms with Crippen LogP contribution in [0, 0.1) is 6.92 Å². The Balaban J connectivity index is 2.00. The van der Waals surface area contributed by atoms with Crippen LogP contribution in [0.3, 0.4) is 0 Å². The number of halogens is 2. The zero-order valence-electron chi connectivity index (χ0n) is 10.3. The molecule has 2 aromatic carbocycles. The van der Waals surface area contributed by atoms with Crippen LogP contribution in [-0.4, -0.2) is 5.92 Å². The van der Waals surface area contributed by atoms with Crippen molar-refractivity contribution in [1.82, 2.24) is 0 Å². The molecule has 0 bridgehead atoms. The van der Waals surface area contributed by atoms with Gasteiger partial charge in [-0.1, -0.05) is 42.5 Å². The van der Waals surface area contributed by atoms with Crippen molar-refractivity contribution in [2.24, 2.45) is 0 Å². The summed E-state index contributed by atoms with van der Waals surface area (Å²) in [4.78, 5) is 0. The molecule has 0 aliphatic heterocycles. The van der Waals surface area contributed by atoms with E-state index < -0.39 is 5.92 Å². The molecule has 0 atom stereocenters. The second-order valence-electron chi connectivity index (χ2n) is 4.64. The van der Waals surface area contributed by atoms with Gasteiger partial charge in [0.2, 0.25) is 5.92 Å². The van der Waals surface area contributed by atoms with E-state index in [1.54, 1.807) is 0 Å². The van der Waals surface area contributed by atoms with Crippen molar-refractivity contribution in [3.63, 3.8) is 0 Å². The Morgan fingerprint density at radius 1 is 1.00 bits per heavy atom. The minimum atomic E-state index is -2.61. The maximum atomic E-state index is 13.0. The summed E-state index contributed by atoms with van der Waals surface area (Å²) in [5, 5.41) is 2.35. The van der Waals surface area contributed by atoms with E-state index in [1.165, 1.54) is 10.8 Å². The van der Waals surface area contributed by atoms with Crippen molar-refractivity contribution < 1.29 is 8.78 Å². The van der Waals surface area contributed by atoms with Crippen molar-refractivity contribution >= 4 is 10.8 Å². The summed E-state index contributed by atoms with van der Waals surface area (Å²) in [6.07, 6.45) is 0.801. The first kappa shape index (κ1) is 13.0. The second-order valence-corrected chi connectivity index (χ2v) is 4.64. The lowest BCUT2D eigenvalue weighted by Crippen LogP contribution is -2.14. The highest BCUT2D eigenvalue weighted by atomic mass is 19.3. The van der Waals surface area contributed by atoms with E-state index in [0.29, 0.717) is 12.8 Å². The van der Waals surface area contributed by atoms with Crippen LogP contribution in [0.25, 0.3) is 10.8 Å². The van der Waals surface area contributed by atoms with E-state index in [9.17, 15) is 8.78 Å². The molecule has 0 fully saturated rings. The maximum absolute atomic E-state index is 13.0. The van der Waals surface area contributed by atoms with Crippen LogP contribution in [0.15, 0.2) is 42.5 Å². The molecule has 0 heterocycles. The van der Waals surface area contributed by atoms with E-state index in [-0.39, 0.29) is 12.8 Å². The Hall–Kier alpha value is -1.44. The molecular weight excluding hydrogens is 230 g/mol. The average Bonchev–Trinajstić information content (AvgIpc) is 2.38. The summed E-state index contributed by atoms with van der Waals surface area (Å²) in [7, 11) is 0. The van der Waals surface area contributed by atoms with Crippen LogP contribution < -0.4 is 0 Å². The summed E-state index contributed by atoms with van der Waals surface area (Å²) >= 11 is 0. The second kappa shape index (κ2) is 5.47. The van der Waals surface area contributed by atoms with Gasteiger partial charge in [0.05, 0.1) is 0 Å². The quantitative estimate of drug-likeness (QED) is 0.695. The normalized spacial score (nSPS) is 11.9. The molecule has 2 aromatic rings. The Kier molecular flexibility index (Phi) is 3.95. The van der Waals surface area contributed by atoms with Crippen LogP contribution >= 0.6 is 0 Å². The number of aryl methyl sites for hydroxylation is 1. The minimum absolute atomic E-state index is 0.0800. The highest BCUT2D eigenvalue weighted by Crippen LogP contribution is 2.25. The van der Waals surface area contributed by atoms with Crippen molar-refractivity contribution in [3.05, 3.63) is 55.0 Å². The predicted octanol–water partition coefficient (Wildman–Crippen LogP) is 5.02. The van der Waals surface area contributed by atoms with Crippen LogP contribution in [0.4, 0.5) is 8.78 Å². The lowest BCUT2D eigenvalue weighted by molar-refractivity contribution is -0.00683.